The molecule has 1 amide bonds. The van der Waals surface area contributed by atoms with Gasteiger partial charge < -0.3 is 9.84 Å². The van der Waals surface area contributed by atoms with Crippen molar-refractivity contribution in [3.63, 3.8) is 0 Å². The van der Waals surface area contributed by atoms with Crippen molar-refractivity contribution in [3.8, 4) is 11.3 Å². The summed E-state index contributed by atoms with van der Waals surface area (Å²) in [6, 6.07) is 23.2. The summed E-state index contributed by atoms with van der Waals surface area (Å²) in [5, 5.41) is 10.1. The molecule has 0 saturated carbocycles. The average molecular weight is 473 g/mol. The summed E-state index contributed by atoms with van der Waals surface area (Å²) in [5.74, 6) is -0.573. The van der Waals surface area contributed by atoms with Crippen molar-refractivity contribution < 1.29 is 19.4 Å². The molecule has 1 aliphatic heterocycles. The van der Waals surface area contributed by atoms with Gasteiger partial charge in [-0.1, -0.05) is 60.7 Å². The number of pyridine rings is 1. The van der Waals surface area contributed by atoms with Crippen molar-refractivity contribution >= 4 is 12.1 Å². The monoisotopic (exact) mass is 472 g/mol. The first kappa shape index (κ1) is 24.5. The number of amides is 1. The van der Waals surface area contributed by atoms with Crippen LogP contribution in [0.4, 0.5) is 4.79 Å². The maximum atomic E-state index is 12.9. The summed E-state index contributed by atoms with van der Waals surface area (Å²) >= 11 is 0. The first-order valence-corrected chi connectivity index (χ1v) is 12.0. The minimum Gasteiger partial charge on any atom is -0.465 e. The highest BCUT2D eigenvalue weighted by Gasteiger charge is 2.45. The van der Waals surface area contributed by atoms with Gasteiger partial charge in [0.15, 0.2) is 0 Å². The fraction of sp³-hybridized carbons (Fsp3) is 0.345. The molecule has 35 heavy (non-hydrogen) atoms. The largest absolute Gasteiger partial charge is 0.465 e. The maximum Gasteiger partial charge on any atom is 0.408 e. The van der Waals surface area contributed by atoms with E-state index in [1.54, 1.807) is 6.20 Å². The van der Waals surface area contributed by atoms with Gasteiger partial charge in [-0.15, -0.1) is 0 Å². The molecule has 1 saturated heterocycles. The molecule has 0 bridgehead atoms. The van der Waals surface area contributed by atoms with Crippen molar-refractivity contribution in [3.05, 3.63) is 90.1 Å². The van der Waals surface area contributed by atoms with E-state index in [4.69, 9.17) is 4.74 Å². The molecule has 6 heteroatoms. The van der Waals surface area contributed by atoms with Gasteiger partial charge in [0, 0.05) is 23.7 Å². The van der Waals surface area contributed by atoms with Crippen LogP contribution in [0.2, 0.25) is 0 Å². The number of benzene rings is 2. The number of nitrogens with zero attached hydrogens (tertiary/aromatic N) is 2. The van der Waals surface area contributed by atoms with Crippen LogP contribution < -0.4 is 0 Å². The number of carbonyl (C=O) groups excluding carboxylic acids is 1. The Morgan fingerprint density at radius 1 is 1.03 bits per heavy atom. The van der Waals surface area contributed by atoms with Gasteiger partial charge in [0.25, 0.3) is 0 Å². The van der Waals surface area contributed by atoms with Crippen LogP contribution in [0.25, 0.3) is 11.3 Å². The van der Waals surface area contributed by atoms with E-state index in [0.717, 1.165) is 22.4 Å². The number of aromatic nitrogens is 1. The Labute approximate surface area is 206 Å². The van der Waals surface area contributed by atoms with Crippen molar-refractivity contribution in [2.75, 3.05) is 0 Å². The topological polar surface area (TPSA) is 79.7 Å². The maximum absolute atomic E-state index is 12.9. The second kappa shape index (κ2) is 10.3. The smallest absolute Gasteiger partial charge is 0.408 e. The highest BCUT2D eigenvalue weighted by molar-refractivity contribution is 5.75. The van der Waals surface area contributed by atoms with Crippen LogP contribution in [0.15, 0.2) is 79.0 Å². The van der Waals surface area contributed by atoms with Crippen molar-refractivity contribution in [1.82, 2.24) is 9.88 Å². The molecule has 1 N–H and O–H groups in total. The summed E-state index contributed by atoms with van der Waals surface area (Å²) in [4.78, 5) is 31.0. The van der Waals surface area contributed by atoms with E-state index in [9.17, 15) is 14.7 Å². The fourth-order valence-corrected chi connectivity index (χ4v) is 4.87. The Kier molecular flexibility index (Phi) is 7.20. The van der Waals surface area contributed by atoms with Crippen LogP contribution in [0, 0.1) is 5.92 Å². The molecule has 2 heterocycles. The number of hydrogen-bond acceptors (Lipinski definition) is 4. The zero-order valence-corrected chi connectivity index (χ0v) is 20.4. The molecular weight excluding hydrogens is 440 g/mol. The molecule has 0 spiro atoms. The molecule has 4 rings (SSSR count). The van der Waals surface area contributed by atoms with Crippen molar-refractivity contribution in [2.45, 2.75) is 57.7 Å². The van der Waals surface area contributed by atoms with Gasteiger partial charge in [0.05, 0.1) is 17.7 Å². The quantitative estimate of drug-likeness (QED) is 0.452. The molecule has 1 aliphatic rings. The van der Waals surface area contributed by atoms with Crippen LogP contribution in [0.3, 0.4) is 0 Å². The molecule has 1 aromatic heterocycles. The number of hydrogen-bond donors (Lipinski definition) is 1. The summed E-state index contributed by atoms with van der Waals surface area (Å²) < 4.78 is 5.85. The number of carboxylic acid groups (broad SMARTS) is 1. The van der Waals surface area contributed by atoms with Crippen LogP contribution >= 0.6 is 0 Å². The lowest BCUT2D eigenvalue weighted by molar-refractivity contribution is -0.147. The van der Waals surface area contributed by atoms with Gasteiger partial charge in [-0.2, -0.15) is 0 Å². The molecule has 3 aromatic rings. The summed E-state index contributed by atoms with van der Waals surface area (Å²) in [5.41, 5.74) is 3.33. The molecule has 6 nitrogen and oxygen atoms in total. The SMILES string of the molecule is CC(C)(C)N(C(=O)O)[C@@H](Cc1ccccc1)[C@@H]1CC(Cc2ccc(-c3ccccn3)cc2)C(=O)O1. The lowest BCUT2D eigenvalue weighted by atomic mass is 9.89. The number of carbonyl (C=O) groups is 2. The van der Waals surface area contributed by atoms with Crippen LogP contribution in [0.1, 0.15) is 38.3 Å². The zero-order chi connectivity index (χ0) is 25.0. The van der Waals surface area contributed by atoms with Gasteiger partial charge in [-0.05, 0) is 56.9 Å². The highest BCUT2D eigenvalue weighted by Crippen LogP contribution is 2.33. The van der Waals surface area contributed by atoms with E-state index >= 15 is 0 Å². The Morgan fingerprint density at radius 3 is 2.31 bits per heavy atom. The summed E-state index contributed by atoms with van der Waals surface area (Å²) in [6.07, 6.45) is 1.77. The lowest BCUT2D eigenvalue weighted by Crippen LogP contribution is -2.56. The lowest BCUT2D eigenvalue weighted by Gasteiger charge is -2.41. The van der Waals surface area contributed by atoms with E-state index in [-0.39, 0.29) is 11.9 Å². The van der Waals surface area contributed by atoms with Gasteiger partial charge in [-0.25, -0.2) is 4.79 Å². The van der Waals surface area contributed by atoms with Gasteiger partial charge >= 0.3 is 12.1 Å². The van der Waals surface area contributed by atoms with Crippen molar-refractivity contribution in [1.29, 1.82) is 0 Å². The molecule has 1 unspecified atom stereocenters. The molecule has 0 aliphatic carbocycles. The highest BCUT2D eigenvalue weighted by atomic mass is 16.6. The van der Waals surface area contributed by atoms with E-state index in [0.29, 0.717) is 19.3 Å². The summed E-state index contributed by atoms with van der Waals surface area (Å²) in [6.45, 7) is 5.61. The molecule has 182 valence electrons. The second-order valence-corrected chi connectivity index (χ2v) is 10.1. The normalized spacial score (nSPS) is 18.7. The first-order chi connectivity index (χ1) is 16.7. The van der Waals surface area contributed by atoms with E-state index < -0.39 is 23.8 Å². The van der Waals surface area contributed by atoms with E-state index in [2.05, 4.69) is 4.98 Å². The zero-order valence-electron chi connectivity index (χ0n) is 20.4. The number of rotatable bonds is 7. The number of esters is 1. The fourth-order valence-electron chi connectivity index (χ4n) is 4.87. The van der Waals surface area contributed by atoms with E-state index in [1.165, 1.54) is 4.90 Å². The third-order valence-electron chi connectivity index (χ3n) is 6.49. The Morgan fingerprint density at radius 2 is 1.71 bits per heavy atom. The Balaban J connectivity index is 1.52. The summed E-state index contributed by atoms with van der Waals surface area (Å²) in [7, 11) is 0. The molecule has 0 radical (unpaired) electrons. The number of cyclic esters (lactones) is 1. The standard InChI is InChI=1S/C29H32N2O4/c1-29(2,3)31(28(33)34)25(18-20-9-5-4-6-10-20)26-19-23(27(32)35-26)17-21-12-14-22(15-13-21)24-11-7-8-16-30-24/h4-16,23,25-26H,17-19H2,1-3H3,(H,33,34)/t23?,25-,26-/m0/s1. The molecule has 2 aromatic carbocycles. The first-order valence-electron chi connectivity index (χ1n) is 12.0. The minimum atomic E-state index is -1.01. The van der Waals surface area contributed by atoms with Crippen LogP contribution in [0.5, 0.6) is 0 Å². The second-order valence-electron chi connectivity index (χ2n) is 10.1. The van der Waals surface area contributed by atoms with E-state index in [1.807, 2.05) is 93.6 Å². The van der Waals surface area contributed by atoms with Crippen molar-refractivity contribution in [2.24, 2.45) is 5.92 Å². The molecule has 3 atom stereocenters. The average Bonchev–Trinajstić information content (AvgIpc) is 3.19. The van der Waals surface area contributed by atoms with Crippen LogP contribution in [-0.4, -0.2) is 44.7 Å². The third-order valence-corrected chi connectivity index (χ3v) is 6.49. The number of ether oxygens (including phenoxy) is 1. The predicted octanol–water partition coefficient (Wildman–Crippen LogP) is 5.61. The van der Waals surface area contributed by atoms with Gasteiger partial charge in [0.2, 0.25) is 0 Å². The Bertz CT molecular complexity index is 1140. The van der Waals surface area contributed by atoms with Crippen LogP contribution in [-0.2, 0) is 22.4 Å². The predicted molar refractivity (Wildman–Crippen MR) is 135 cm³/mol. The minimum absolute atomic E-state index is 0.263. The molecule has 1 fully saturated rings. The molecular formula is C29H32N2O4. The van der Waals surface area contributed by atoms with Gasteiger partial charge in [-0.3, -0.25) is 14.7 Å². The third kappa shape index (κ3) is 5.88. The Hall–Kier alpha value is -3.67. The van der Waals surface area contributed by atoms with Gasteiger partial charge in [0.1, 0.15) is 6.10 Å².